The summed E-state index contributed by atoms with van der Waals surface area (Å²) in [5, 5.41) is 3.98. The van der Waals surface area contributed by atoms with Crippen LogP contribution in [0, 0.1) is 17.3 Å². The fourth-order valence-electron chi connectivity index (χ4n) is 7.87. The van der Waals surface area contributed by atoms with Gasteiger partial charge in [-0.15, -0.1) is 0 Å². The molecule has 3 heteroatoms. The molecule has 0 saturated heterocycles. The molecule has 1 N–H and O–H groups in total. The van der Waals surface area contributed by atoms with E-state index in [0.717, 1.165) is 36.3 Å². The summed E-state index contributed by atoms with van der Waals surface area (Å²) < 4.78 is 12.4. The Balaban J connectivity index is 1.20. The van der Waals surface area contributed by atoms with Crippen molar-refractivity contribution in [3.05, 3.63) is 95.1 Å². The lowest BCUT2D eigenvalue weighted by Gasteiger charge is -2.51. The first kappa shape index (κ1) is 24.6. The summed E-state index contributed by atoms with van der Waals surface area (Å²) in [6.07, 6.45) is 7.70. The van der Waals surface area contributed by atoms with E-state index < -0.39 is 0 Å². The van der Waals surface area contributed by atoms with Crippen LogP contribution >= 0.6 is 0 Å². The highest BCUT2D eigenvalue weighted by atomic mass is 16.5. The van der Waals surface area contributed by atoms with Gasteiger partial charge in [-0.2, -0.15) is 0 Å². The molecule has 37 heavy (non-hydrogen) atoms. The van der Waals surface area contributed by atoms with Crippen molar-refractivity contribution in [2.75, 3.05) is 6.61 Å². The molecule has 3 aromatic carbocycles. The van der Waals surface area contributed by atoms with Gasteiger partial charge in [-0.05, 0) is 103 Å². The van der Waals surface area contributed by atoms with E-state index in [-0.39, 0.29) is 0 Å². The summed E-state index contributed by atoms with van der Waals surface area (Å²) in [5.41, 5.74) is 5.99. The van der Waals surface area contributed by atoms with Crippen molar-refractivity contribution in [2.45, 2.75) is 77.5 Å². The summed E-state index contributed by atoms with van der Waals surface area (Å²) in [6, 6.07) is 26.6. The molecule has 5 atom stereocenters. The van der Waals surface area contributed by atoms with E-state index in [4.69, 9.17) is 9.47 Å². The van der Waals surface area contributed by atoms with Crippen molar-refractivity contribution < 1.29 is 9.47 Å². The second kappa shape index (κ2) is 10.5. The minimum atomic E-state index is 0.398. The number of fused-ring (bicyclic) bond motifs is 5. The Morgan fingerprint density at radius 2 is 1.57 bits per heavy atom. The first-order chi connectivity index (χ1) is 18.2. The summed E-state index contributed by atoms with van der Waals surface area (Å²) >= 11 is 0. The first-order valence-electron chi connectivity index (χ1n) is 14.4. The highest BCUT2D eigenvalue weighted by Crippen LogP contribution is 2.61. The second-order valence-corrected chi connectivity index (χ2v) is 11.7. The normalized spacial score (nSPS) is 28.2. The van der Waals surface area contributed by atoms with Gasteiger partial charge >= 0.3 is 0 Å². The van der Waals surface area contributed by atoms with Gasteiger partial charge < -0.3 is 14.8 Å². The molecule has 0 unspecified atom stereocenters. The summed E-state index contributed by atoms with van der Waals surface area (Å²) in [6.45, 7) is 6.86. The summed E-state index contributed by atoms with van der Waals surface area (Å²) in [5.74, 6) is 4.05. The van der Waals surface area contributed by atoms with Gasteiger partial charge in [0, 0.05) is 12.6 Å². The number of rotatable bonds is 8. The van der Waals surface area contributed by atoms with E-state index in [1.165, 1.54) is 54.4 Å². The molecule has 0 aromatic heterocycles. The van der Waals surface area contributed by atoms with Gasteiger partial charge in [0.15, 0.2) is 11.5 Å². The molecule has 2 fully saturated rings. The fraction of sp³-hybridized carbons (Fsp3) is 0.471. The predicted octanol–water partition coefficient (Wildman–Crippen LogP) is 7.68. The third-order valence-electron chi connectivity index (χ3n) is 9.72. The van der Waals surface area contributed by atoms with Crippen molar-refractivity contribution in [1.82, 2.24) is 5.32 Å². The van der Waals surface area contributed by atoms with Gasteiger partial charge in [-0.25, -0.2) is 0 Å². The van der Waals surface area contributed by atoms with Crippen molar-refractivity contribution in [3.8, 4) is 11.5 Å². The zero-order chi connectivity index (χ0) is 25.2. The van der Waals surface area contributed by atoms with Crippen LogP contribution in [0.2, 0.25) is 0 Å². The number of ether oxygens (including phenoxy) is 2. The van der Waals surface area contributed by atoms with Crippen LogP contribution in [0.1, 0.15) is 74.1 Å². The maximum absolute atomic E-state index is 6.31. The maximum Gasteiger partial charge on any atom is 0.161 e. The Kier molecular flexibility index (Phi) is 6.99. The molecule has 0 heterocycles. The average molecular weight is 496 g/mol. The molecule has 0 aliphatic heterocycles. The number of benzene rings is 3. The monoisotopic (exact) mass is 495 g/mol. The third-order valence-corrected chi connectivity index (χ3v) is 9.72. The highest BCUT2D eigenvalue weighted by molar-refractivity contribution is 5.50. The number of hydrogen-bond acceptors (Lipinski definition) is 3. The highest BCUT2D eigenvalue weighted by Gasteiger charge is 2.54. The minimum absolute atomic E-state index is 0.398. The molecule has 6 rings (SSSR count). The van der Waals surface area contributed by atoms with E-state index >= 15 is 0 Å². The fourth-order valence-corrected chi connectivity index (χ4v) is 7.87. The van der Waals surface area contributed by atoms with E-state index in [1.54, 1.807) is 0 Å². The molecule has 2 saturated carbocycles. The zero-order valence-electron chi connectivity index (χ0n) is 22.4. The van der Waals surface area contributed by atoms with Crippen LogP contribution in [0.25, 0.3) is 0 Å². The topological polar surface area (TPSA) is 30.5 Å². The van der Waals surface area contributed by atoms with Gasteiger partial charge in [-0.1, -0.05) is 67.6 Å². The molecule has 3 aromatic rings. The molecule has 0 spiro atoms. The Morgan fingerprint density at radius 3 is 2.32 bits per heavy atom. The Morgan fingerprint density at radius 1 is 0.838 bits per heavy atom. The van der Waals surface area contributed by atoms with Gasteiger partial charge in [0.05, 0.1) is 6.61 Å². The van der Waals surface area contributed by atoms with Gasteiger partial charge in [0.2, 0.25) is 0 Å². The molecular weight excluding hydrogens is 454 g/mol. The second-order valence-electron chi connectivity index (χ2n) is 11.7. The van der Waals surface area contributed by atoms with Crippen LogP contribution in [-0.4, -0.2) is 12.6 Å². The van der Waals surface area contributed by atoms with Crippen LogP contribution in [0.3, 0.4) is 0 Å². The Bertz CT molecular complexity index is 1190. The van der Waals surface area contributed by atoms with Crippen molar-refractivity contribution >= 4 is 0 Å². The lowest BCUT2D eigenvalue weighted by molar-refractivity contribution is 0.0407. The van der Waals surface area contributed by atoms with Gasteiger partial charge in [0.1, 0.15) is 6.61 Å². The Hall–Kier alpha value is -2.78. The van der Waals surface area contributed by atoms with E-state index in [2.05, 4.69) is 85.9 Å². The molecule has 0 radical (unpaired) electrons. The summed E-state index contributed by atoms with van der Waals surface area (Å²) in [7, 11) is 0. The maximum atomic E-state index is 6.31. The molecule has 194 valence electrons. The quantitative estimate of drug-likeness (QED) is 0.348. The van der Waals surface area contributed by atoms with Crippen LogP contribution < -0.4 is 14.8 Å². The van der Waals surface area contributed by atoms with Gasteiger partial charge in [0.25, 0.3) is 0 Å². The first-order valence-corrected chi connectivity index (χ1v) is 14.4. The van der Waals surface area contributed by atoms with E-state index in [9.17, 15) is 0 Å². The lowest BCUT2D eigenvalue weighted by atomic mass is 9.55. The Labute approximate surface area is 222 Å². The SMILES string of the molecule is CCOc1cc2c(cc1OCc1ccccc1)CC[C@@H]1[C@@H]2CC[C@]2(C)[C@@H](NCc3ccccc3)CC[C@@H]12. The third kappa shape index (κ3) is 4.79. The van der Waals surface area contributed by atoms with Crippen molar-refractivity contribution in [1.29, 1.82) is 0 Å². The zero-order valence-corrected chi connectivity index (χ0v) is 22.4. The lowest BCUT2D eigenvalue weighted by Crippen LogP contribution is -2.48. The number of nitrogens with one attached hydrogen (secondary N) is 1. The van der Waals surface area contributed by atoms with Gasteiger partial charge in [-0.3, -0.25) is 0 Å². The molecule has 0 bridgehead atoms. The standard InChI is InChI=1S/C34H41NO2/c1-3-36-32-21-29-26(20-31(32)37-23-25-12-8-5-9-13-25)14-15-28-27(29)18-19-34(2)30(28)16-17-33(34)35-22-24-10-6-4-7-11-24/h4-13,20-21,27-28,30,33,35H,3,14-19,22-23H2,1-2H3/t27-,28+,30-,33-,34-/m0/s1. The largest absolute Gasteiger partial charge is 0.490 e. The van der Waals surface area contributed by atoms with E-state index in [0.29, 0.717) is 30.6 Å². The van der Waals surface area contributed by atoms with Crippen LogP contribution in [0.4, 0.5) is 0 Å². The van der Waals surface area contributed by atoms with Crippen LogP contribution in [0.5, 0.6) is 11.5 Å². The average Bonchev–Trinajstić information content (AvgIpc) is 3.28. The smallest absolute Gasteiger partial charge is 0.161 e. The van der Waals surface area contributed by atoms with Crippen LogP contribution in [-0.2, 0) is 19.6 Å². The minimum Gasteiger partial charge on any atom is -0.490 e. The molecule has 3 aliphatic rings. The molecule has 0 amide bonds. The summed E-state index contributed by atoms with van der Waals surface area (Å²) in [4.78, 5) is 0. The number of hydrogen-bond donors (Lipinski definition) is 1. The van der Waals surface area contributed by atoms with Crippen molar-refractivity contribution in [2.24, 2.45) is 17.3 Å². The van der Waals surface area contributed by atoms with E-state index in [1.807, 2.05) is 6.07 Å². The van der Waals surface area contributed by atoms with Crippen LogP contribution in [0.15, 0.2) is 72.8 Å². The molecule has 3 aliphatic carbocycles. The predicted molar refractivity (Wildman–Crippen MR) is 150 cm³/mol. The molecule has 3 nitrogen and oxygen atoms in total. The van der Waals surface area contributed by atoms with Crippen molar-refractivity contribution in [3.63, 3.8) is 0 Å². The molecular formula is C34H41NO2. The number of aryl methyl sites for hydroxylation is 1.